The van der Waals surface area contributed by atoms with E-state index in [2.05, 4.69) is 62.8 Å². The number of carbonyl (C=O) groups excluding carboxylic acids is 1. The van der Waals surface area contributed by atoms with Gasteiger partial charge in [0, 0.05) is 86.2 Å². The minimum Gasteiger partial charge on any atom is -0.353 e. The molecule has 10 nitrogen and oxygen atoms in total. The van der Waals surface area contributed by atoms with Crippen LogP contribution in [0.2, 0.25) is 0 Å². The minimum absolute atomic E-state index is 0.272. The van der Waals surface area contributed by atoms with E-state index in [1.165, 1.54) is 0 Å². The summed E-state index contributed by atoms with van der Waals surface area (Å²) in [6.07, 6.45) is 14.6. The van der Waals surface area contributed by atoms with E-state index in [0.29, 0.717) is 43.8 Å². The van der Waals surface area contributed by atoms with Gasteiger partial charge in [0.05, 0.1) is 29.5 Å². The zero-order chi connectivity index (χ0) is 27.1. The summed E-state index contributed by atoms with van der Waals surface area (Å²) in [7, 11) is 0. The van der Waals surface area contributed by atoms with Gasteiger partial charge in [0.15, 0.2) is 0 Å². The lowest BCUT2D eigenvalue weighted by molar-refractivity contribution is -0.125. The third kappa shape index (κ3) is 4.49. The number of piperazine rings is 1. The molecule has 196 valence electrons. The van der Waals surface area contributed by atoms with Gasteiger partial charge >= 0.3 is 0 Å². The molecule has 6 heterocycles. The van der Waals surface area contributed by atoms with Gasteiger partial charge in [0.2, 0.25) is 0 Å². The third-order valence-electron chi connectivity index (χ3n) is 7.74. The average Bonchev–Trinajstić information content (AvgIpc) is 3.59. The number of likely N-dealkylation sites (tertiary alicyclic amines) is 1. The number of fused-ring (bicyclic) bond motifs is 1. The first-order valence-electron chi connectivity index (χ1n) is 13.1. The SMILES string of the molecule is C#CC(=O)N1CCN(c2ccc(-c3cc(-c4cnn(C5CN(C(C)C)C5)c4)cn4ncc(C#N)c34)cn2)CC1. The van der Waals surface area contributed by atoms with Crippen LogP contribution >= 0.6 is 0 Å². The van der Waals surface area contributed by atoms with E-state index in [1.807, 2.05) is 30.7 Å². The predicted octanol–water partition coefficient (Wildman–Crippen LogP) is 2.68. The van der Waals surface area contributed by atoms with E-state index in [-0.39, 0.29) is 5.91 Å². The van der Waals surface area contributed by atoms with Crippen molar-refractivity contribution in [2.45, 2.75) is 25.9 Å². The van der Waals surface area contributed by atoms with Gasteiger partial charge in [0.1, 0.15) is 11.9 Å². The molecular formula is C29H29N9O. The molecular weight excluding hydrogens is 490 g/mol. The number of amides is 1. The molecule has 4 aromatic rings. The van der Waals surface area contributed by atoms with E-state index >= 15 is 0 Å². The zero-order valence-corrected chi connectivity index (χ0v) is 22.0. The Morgan fingerprint density at radius 2 is 1.82 bits per heavy atom. The van der Waals surface area contributed by atoms with Gasteiger partial charge in [-0.1, -0.05) is 0 Å². The van der Waals surface area contributed by atoms with Gasteiger partial charge in [0.25, 0.3) is 5.91 Å². The van der Waals surface area contributed by atoms with Gasteiger partial charge in [-0.05, 0) is 38.0 Å². The van der Waals surface area contributed by atoms with Crippen molar-refractivity contribution in [2.24, 2.45) is 0 Å². The molecule has 2 aliphatic rings. The summed E-state index contributed by atoms with van der Waals surface area (Å²) in [6.45, 7) is 8.90. The fraction of sp³-hybridized carbons (Fsp3) is 0.345. The zero-order valence-electron chi connectivity index (χ0n) is 22.0. The summed E-state index contributed by atoms with van der Waals surface area (Å²) < 4.78 is 3.81. The molecule has 0 aliphatic carbocycles. The molecule has 2 aliphatic heterocycles. The number of carbonyl (C=O) groups is 1. The van der Waals surface area contributed by atoms with Crippen molar-refractivity contribution in [1.29, 1.82) is 5.26 Å². The number of anilines is 1. The molecule has 0 unspecified atom stereocenters. The molecule has 0 saturated carbocycles. The lowest BCUT2D eigenvalue weighted by Gasteiger charge is -2.41. The van der Waals surface area contributed by atoms with Gasteiger partial charge in [-0.15, -0.1) is 6.42 Å². The van der Waals surface area contributed by atoms with Crippen LogP contribution in [0, 0.1) is 23.7 Å². The number of hydrogen-bond acceptors (Lipinski definition) is 7. The van der Waals surface area contributed by atoms with Crippen molar-refractivity contribution in [1.82, 2.24) is 34.2 Å². The Morgan fingerprint density at radius 3 is 2.49 bits per heavy atom. The smallest absolute Gasteiger partial charge is 0.298 e. The van der Waals surface area contributed by atoms with Crippen LogP contribution in [0.3, 0.4) is 0 Å². The monoisotopic (exact) mass is 519 g/mol. The first kappa shape index (κ1) is 24.7. The number of pyridine rings is 2. The first-order chi connectivity index (χ1) is 18.9. The van der Waals surface area contributed by atoms with Crippen LogP contribution in [0.4, 0.5) is 5.82 Å². The third-order valence-corrected chi connectivity index (χ3v) is 7.74. The summed E-state index contributed by atoms with van der Waals surface area (Å²) in [4.78, 5) is 22.8. The number of rotatable bonds is 5. The molecule has 6 rings (SSSR count). The summed E-state index contributed by atoms with van der Waals surface area (Å²) in [5.74, 6) is 2.75. The van der Waals surface area contributed by atoms with Crippen molar-refractivity contribution in [3.63, 3.8) is 0 Å². The fourth-order valence-corrected chi connectivity index (χ4v) is 5.31. The van der Waals surface area contributed by atoms with E-state index in [1.54, 1.807) is 15.6 Å². The minimum atomic E-state index is -0.272. The summed E-state index contributed by atoms with van der Waals surface area (Å²) in [5, 5.41) is 18.9. The maximum absolute atomic E-state index is 11.8. The first-order valence-corrected chi connectivity index (χ1v) is 13.1. The number of terminal acetylenes is 1. The average molecular weight is 520 g/mol. The molecule has 0 spiro atoms. The molecule has 2 fully saturated rings. The Balaban J connectivity index is 1.29. The van der Waals surface area contributed by atoms with Crippen LogP contribution in [0.15, 0.2) is 49.2 Å². The molecule has 1 amide bonds. The van der Waals surface area contributed by atoms with Crippen molar-refractivity contribution < 1.29 is 4.79 Å². The highest BCUT2D eigenvalue weighted by molar-refractivity contribution is 5.93. The van der Waals surface area contributed by atoms with Gasteiger partial charge < -0.3 is 9.80 Å². The van der Waals surface area contributed by atoms with Crippen molar-refractivity contribution >= 4 is 17.2 Å². The number of nitriles is 1. The summed E-state index contributed by atoms with van der Waals surface area (Å²) in [5.41, 5.74) is 4.99. The Hall–Kier alpha value is -4.67. The number of nitrogens with zero attached hydrogens (tertiary/aromatic N) is 9. The highest BCUT2D eigenvalue weighted by atomic mass is 16.2. The Bertz CT molecular complexity index is 1610. The van der Waals surface area contributed by atoms with Crippen molar-refractivity contribution in [2.75, 3.05) is 44.2 Å². The fourth-order valence-electron chi connectivity index (χ4n) is 5.31. The quantitative estimate of drug-likeness (QED) is 0.374. The molecule has 0 aromatic carbocycles. The molecule has 2 saturated heterocycles. The van der Waals surface area contributed by atoms with Crippen LogP contribution in [0.25, 0.3) is 27.8 Å². The highest BCUT2D eigenvalue weighted by Gasteiger charge is 2.30. The second-order valence-electron chi connectivity index (χ2n) is 10.3. The van der Waals surface area contributed by atoms with E-state index in [4.69, 9.17) is 11.4 Å². The predicted molar refractivity (Wildman–Crippen MR) is 148 cm³/mol. The van der Waals surface area contributed by atoms with Gasteiger partial charge in [-0.3, -0.25) is 14.4 Å². The summed E-state index contributed by atoms with van der Waals surface area (Å²) in [6, 6.07) is 9.27. The summed E-state index contributed by atoms with van der Waals surface area (Å²) >= 11 is 0. The van der Waals surface area contributed by atoms with Crippen LogP contribution in [-0.2, 0) is 4.79 Å². The van der Waals surface area contributed by atoms with Gasteiger partial charge in [-0.2, -0.15) is 15.5 Å². The Kier molecular flexibility index (Phi) is 6.26. The van der Waals surface area contributed by atoms with E-state index in [0.717, 1.165) is 46.7 Å². The maximum atomic E-state index is 11.8. The second-order valence-corrected chi connectivity index (χ2v) is 10.3. The number of hydrogen-bond donors (Lipinski definition) is 0. The van der Waals surface area contributed by atoms with E-state index < -0.39 is 0 Å². The molecule has 0 bridgehead atoms. The number of aromatic nitrogens is 5. The molecule has 10 heteroatoms. The molecule has 0 atom stereocenters. The normalized spacial score (nSPS) is 16.3. The maximum Gasteiger partial charge on any atom is 0.298 e. The van der Waals surface area contributed by atoms with Crippen LogP contribution in [-0.4, -0.2) is 85.4 Å². The van der Waals surface area contributed by atoms with Crippen molar-refractivity contribution in [3.05, 3.63) is 54.7 Å². The van der Waals surface area contributed by atoms with Gasteiger partial charge in [-0.25, -0.2) is 9.50 Å². The largest absolute Gasteiger partial charge is 0.353 e. The molecule has 39 heavy (non-hydrogen) atoms. The lowest BCUT2D eigenvalue weighted by Crippen LogP contribution is -2.50. The van der Waals surface area contributed by atoms with E-state index in [9.17, 15) is 10.1 Å². The standard InChI is InChI=1S/C29H29N9O/c1-4-28(39)35-9-7-34(8-10-35)27-6-5-21(13-31-27)26-11-22(16-38-29(26)23(12-30)14-33-38)24-15-32-37(17-24)25-18-36(19-25)20(2)3/h1,5-6,11,13-17,20,25H,7-10,18-19H2,2-3H3. The van der Waals surface area contributed by atoms with Crippen LogP contribution in [0.5, 0.6) is 0 Å². The second kappa shape index (κ2) is 9.90. The van der Waals surface area contributed by atoms with Crippen molar-refractivity contribution in [3.8, 4) is 40.7 Å². The Morgan fingerprint density at radius 1 is 1.03 bits per heavy atom. The topological polar surface area (TPSA) is 98.6 Å². The lowest BCUT2D eigenvalue weighted by atomic mass is 10.0. The molecule has 0 N–H and O–H groups in total. The highest BCUT2D eigenvalue weighted by Crippen LogP contribution is 2.33. The van der Waals surface area contributed by atoms with Crippen LogP contribution in [0.1, 0.15) is 25.5 Å². The Labute approximate surface area is 227 Å². The molecule has 4 aromatic heterocycles. The molecule has 0 radical (unpaired) electrons. The van der Waals surface area contributed by atoms with Crippen LogP contribution < -0.4 is 4.90 Å².